The van der Waals surface area contributed by atoms with Gasteiger partial charge >= 0.3 is 0 Å². The highest BCUT2D eigenvalue weighted by atomic mass is 19.2. The Hall–Kier alpha value is -2.10. The van der Waals surface area contributed by atoms with Gasteiger partial charge in [-0.2, -0.15) is 0 Å². The summed E-state index contributed by atoms with van der Waals surface area (Å²) >= 11 is 0. The molecule has 0 spiro atoms. The van der Waals surface area contributed by atoms with Crippen LogP contribution in [0.25, 0.3) is 21.5 Å². The van der Waals surface area contributed by atoms with E-state index in [-0.39, 0.29) is 21.9 Å². The maximum atomic E-state index is 14.4. The van der Waals surface area contributed by atoms with Gasteiger partial charge in [0.1, 0.15) is 11.6 Å². The predicted octanol–water partition coefficient (Wildman–Crippen LogP) is 5.17. The molecule has 3 aromatic carbocycles. The molecule has 4 heteroatoms. The molecule has 0 aliphatic carbocycles. The van der Waals surface area contributed by atoms with Crippen LogP contribution >= 0.6 is 0 Å². The van der Waals surface area contributed by atoms with Gasteiger partial charge in [0.15, 0.2) is 11.6 Å². The van der Waals surface area contributed by atoms with E-state index in [4.69, 9.17) is 0 Å². The lowest BCUT2D eigenvalue weighted by Crippen LogP contribution is -1.97. The molecule has 0 nitrogen and oxygen atoms in total. The third-order valence-corrected chi connectivity index (χ3v) is 3.54. The zero-order valence-corrected chi connectivity index (χ0v) is 10.8. The van der Waals surface area contributed by atoms with E-state index in [2.05, 4.69) is 0 Å². The molecular weight excluding hydrogens is 268 g/mol. The normalized spacial score (nSPS) is 11.5. The fraction of sp³-hybridized carbons (Fsp3) is 0.125. The van der Waals surface area contributed by atoms with Gasteiger partial charge < -0.3 is 0 Å². The van der Waals surface area contributed by atoms with Gasteiger partial charge in [-0.1, -0.05) is 12.1 Å². The molecule has 0 N–H and O–H groups in total. The predicted molar refractivity (Wildman–Crippen MR) is 70.8 cm³/mol. The lowest BCUT2D eigenvalue weighted by molar-refractivity contribution is 0.507. The molecule has 0 radical (unpaired) electrons. The number of hydrogen-bond donors (Lipinski definition) is 0. The third-order valence-electron chi connectivity index (χ3n) is 3.54. The summed E-state index contributed by atoms with van der Waals surface area (Å²) in [5.74, 6) is -4.19. The molecule has 0 heterocycles. The van der Waals surface area contributed by atoms with E-state index in [0.29, 0.717) is 5.39 Å². The fourth-order valence-corrected chi connectivity index (χ4v) is 2.45. The van der Waals surface area contributed by atoms with Crippen molar-refractivity contribution in [2.45, 2.75) is 13.8 Å². The van der Waals surface area contributed by atoms with Gasteiger partial charge in [-0.15, -0.1) is 0 Å². The highest BCUT2D eigenvalue weighted by Crippen LogP contribution is 2.33. The molecule has 0 saturated carbocycles. The van der Waals surface area contributed by atoms with Crippen molar-refractivity contribution in [1.82, 2.24) is 0 Å². The Kier molecular flexibility index (Phi) is 2.71. The average molecular weight is 278 g/mol. The number of rotatable bonds is 0. The molecule has 0 bridgehead atoms. The van der Waals surface area contributed by atoms with Crippen LogP contribution in [0, 0.1) is 37.1 Å². The summed E-state index contributed by atoms with van der Waals surface area (Å²) in [5, 5.41) is -0.275. The molecule has 0 aromatic heterocycles. The Morgan fingerprint density at radius 1 is 0.600 bits per heavy atom. The zero-order valence-electron chi connectivity index (χ0n) is 10.8. The molecule has 3 aromatic rings. The molecule has 0 aliphatic rings. The van der Waals surface area contributed by atoms with Gasteiger partial charge in [0.2, 0.25) is 0 Å². The maximum absolute atomic E-state index is 14.4. The Morgan fingerprint density at radius 3 is 1.95 bits per heavy atom. The number of fused-ring (bicyclic) bond motifs is 2. The number of halogens is 4. The number of aryl methyl sites for hydroxylation is 2. The van der Waals surface area contributed by atoms with Crippen LogP contribution in [0.5, 0.6) is 0 Å². The summed E-state index contributed by atoms with van der Waals surface area (Å²) in [5.41, 5.74) is 0.338. The van der Waals surface area contributed by atoms with Gasteiger partial charge in [-0.25, -0.2) is 17.6 Å². The molecule has 20 heavy (non-hydrogen) atoms. The second-order valence-corrected chi connectivity index (χ2v) is 4.90. The first kappa shape index (κ1) is 12.9. The van der Waals surface area contributed by atoms with E-state index >= 15 is 0 Å². The Morgan fingerprint density at radius 2 is 1.25 bits per heavy atom. The molecule has 0 fully saturated rings. The maximum Gasteiger partial charge on any atom is 0.169 e. The lowest BCUT2D eigenvalue weighted by Gasteiger charge is -2.10. The number of benzene rings is 3. The fourth-order valence-electron chi connectivity index (χ4n) is 2.45. The zero-order chi connectivity index (χ0) is 14.6. The van der Waals surface area contributed by atoms with Gasteiger partial charge in [0, 0.05) is 0 Å². The van der Waals surface area contributed by atoms with Gasteiger partial charge in [-0.3, -0.25) is 0 Å². The van der Waals surface area contributed by atoms with Crippen molar-refractivity contribution in [1.29, 1.82) is 0 Å². The minimum absolute atomic E-state index is 0.0846. The van der Waals surface area contributed by atoms with Gasteiger partial charge in [-0.05, 0) is 47.9 Å². The largest absolute Gasteiger partial charge is 0.206 e. The SMILES string of the molecule is Cc1cc2cc3ccc(C)c(F)c3c(F)c2c(F)c1F. The topological polar surface area (TPSA) is 0 Å². The lowest BCUT2D eigenvalue weighted by atomic mass is 9.98. The molecule has 0 unspecified atom stereocenters. The van der Waals surface area contributed by atoms with Crippen molar-refractivity contribution in [2.75, 3.05) is 0 Å². The van der Waals surface area contributed by atoms with E-state index < -0.39 is 28.7 Å². The first-order chi connectivity index (χ1) is 9.41. The average Bonchev–Trinajstić information content (AvgIpc) is 2.40. The molecular formula is C16H10F4. The molecule has 0 saturated heterocycles. The summed E-state index contributed by atoms with van der Waals surface area (Å²) in [6, 6.07) is 5.91. The van der Waals surface area contributed by atoms with Crippen LogP contribution in [0.3, 0.4) is 0 Å². The molecule has 0 aliphatic heterocycles. The summed E-state index contributed by atoms with van der Waals surface area (Å²) in [7, 11) is 0. The van der Waals surface area contributed by atoms with Crippen LogP contribution in [0.1, 0.15) is 11.1 Å². The van der Waals surface area contributed by atoms with Crippen molar-refractivity contribution in [3.05, 3.63) is 58.7 Å². The first-order valence-corrected chi connectivity index (χ1v) is 6.07. The van der Waals surface area contributed by atoms with E-state index in [1.807, 2.05) is 0 Å². The quantitative estimate of drug-likeness (QED) is 0.393. The summed E-state index contributed by atoms with van der Waals surface area (Å²) in [6.45, 7) is 2.89. The standard InChI is InChI=1S/C16H10F4/c1-7-3-4-9-6-10-5-8(2)14(18)16(20)12(10)15(19)11(9)13(7)17/h3-6H,1-2H3. The van der Waals surface area contributed by atoms with E-state index in [1.54, 1.807) is 6.07 Å². The molecule has 0 amide bonds. The Balaban J connectivity index is 2.62. The summed E-state index contributed by atoms with van der Waals surface area (Å²) in [4.78, 5) is 0. The van der Waals surface area contributed by atoms with Crippen LogP contribution in [0.2, 0.25) is 0 Å². The first-order valence-electron chi connectivity index (χ1n) is 6.07. The molecule has 3 rings (SSSR count). The second kappa shape index (κ2) is 4.20. The van der Waals surface area contributed by atoms with Crippen molar-refractivity contribution in [3.8, 4) is 0 Å². The summed E-state index contributed by atoms with van der Waals surface area (Å²) < 4.78 is 56.0. The van der Waals surface area contributed by atoms with Crippen LogP contribution < -0.4 is 0 Å². The highest BCUT2D eigenvalue weighted by molar-refractivity contribution is 6.00. The van der Waals surface area contributed by atoms with Crippen molar-refractivity contribution in [3.63, 3.8) is 0 Å². The Labute approximate surface area is 112 Å². The van der Waals surface area contributed by atoms with E-state index in [9.17, 15) is 17.6 Å². The number of hydrogen-bond acceptors (Lipinski definition) is 0. The minimum atomic E-state index is -1.28. The second-order valence-electron chi connectivity index (χ2n) is 4.90. The van der Waals surface area contributed by atoms with E-state index in [1.165, 1.54) is 32.0 Å². The minimum Gasteiger partial charge on any atom is -0.206 e. The van der Waals surface area contributed by atoms with Gasteiger partial charge in [0.25, 0.3) is 0 Å². The highest BCUT2D eigenvalue weighted by Gasteiger charge is 2.19. The van der Waals surface area contributed by atoms with Crippen LogP contribution in [-0.4, -0.2) is 0 Å². The van der Waals surface area contributed by atoms with E-state index in [0.717, 1.165) is 0 Å². The Bertz CT molecular complexity index is 866. The van der Waals surface area contributed by atoms with Crippen molar-refractivity contribution < 1.29 is 17.6 Å². The monoisotopic (exact) mass is 278 g/mol. The summed E-state index contributed by atoms with van der Waals surface area (Å²) in [6.07, 6.45) is 0. The van der Waals surface area contributed by atoms with Gasteiger partial charge in [0.05, 0.1) is 10.8 Å². The van der Waals surface area contributed by atoms with Crippen LogP contribution in [0.4, 0.5) is 17.6 Å². The smallest absolute Gasteiger partial charge is 0.169 e. The third kappa shape index (κ3) is 1.60. The van der Waals surface area contributed by atoms with Crippen molar-refractivity contribution >= 4 is 21.5 Å². The van der Waals surface area contributed by atoms with Crippen LogP contribution in [-0.2, 0) is 0 Å². The van der Waals surface area contributed by atoms with Crippen molar-refractivity contribution in [2.24, 2.45) is 0 Å². The molecule has 0 atom stereocenters. The van der Waals surface area contributed by atoms with Crippen LogP contribution in [0.15, 0.2) is 24.3 Å². The molecule has 102 valence electrons.